The Morgan fingerprint density at radius 3 is 2.60 bits per heavy atom. The SMILES string of the molecule is CCNC(Cc1c(F)ccc(Br)c1F)c1ccc(C)s1. The smallest absolute Gasteiger partial charge is 0.143 e. The Kier molecular flexibility index (Phi) is 5.29. The molecule has 0 aliphatic rings. The Morgan fingerprint density at radius 2 is 2.00 bits per heavy atom. The zero-order valence-electron chi connectivity index (χ0n) is 11.3. The molecule has 2 rings (SSSR count). The van der Waals surface area contributed by atoms with E-state index >= 15 is 0 Å². The van der Waals surface area contributed by atoms with Crippen LogP contribution in [0.5, 0.6) is 0 Å². The van der Waals surface area contributed by atoms with E-state index in [1.165, 1.54) is 17.0 Å². The summed E-state index contributed by atoms with van der Waals surface area (Å²) in [7, 11) is 0. The largest absolute Gasteiger partial charge is 0.309 e. The van der Waals surface area contributed by atoms with Gasteiger partial charge in [0.25, 0.3) is 0 Å². The molecule has 2 aromatic rings. The van der Waals surface area contributed by atoms with E-state index < -0.39 is 11.6 Å². The Bertz CT molecular complexity index is 598. The lowest BCUT2D eigenvalue weighted by atomic mass is 10.0. The molecule has 0 aliphatic carbocycles. The van der Waals surface area contributed by atoms with E-state index in [0.717, 1.165) is 11.4 Å². The predicted molar refractivity (Wildman–Crippen MR) is 83.2 cm³/mol. The molecule has 1 aromatic carbocycles. The molecule has 1 N–H and O–H groups in total. The second kappa shape index (κ2) is 6.78. The summed E-state index contributed by atoms with van der Waals surface area (Å²) in [5.41, 5.74) is 0.122. The molecule has 108 valence electrons. The average molecular weight is 360 g/mol. The first-order valence-corrected chi connectivity index (χ1v) is 8.06. The van der Waals surface area contributed by atoms with E-state index in [1.807, 2.05) is 26.0 Å². The molecule has 0 amide bonds. The molecule has 1 nitrogen and oxygen atoms in total. The van der Waals surface area contributed by atoms with Gasteiger partial charge < -0.3 is 5.32 Å². The lowest BCUT2D eigenvalue weighted by molar-refractivity contribution is 0.501. The first-order chi connectivity index (χ1) is 9.52. The van der Waals surface area contributed by atoms with Gasteiger partial charge in [0, 0.05) is 21.4 Å². The normalized spacial score (nSPS) is 12.7. The maximum atomic E-state index is 14.1. The van der Waals surface area contributed by atoms with Crippen LogP contribution in [0, 0.1) is 18.6 Å². The van der Waals surface area contributed by atoms with Crippen molar-refractivity contribution in [1.29, 1.82) is 0 Å². The highest BCUT2D eigenvalue weighted by molar-refractivity contribution is 9.10. The molecule has 0 radical (unpaired) electrons. The van der Waals surface area contributed by atoms with Crippen molar-refractivity contribution in [3.63, 3.8) is 0 Å². The van der Waals surface area contributed by atoms with E-state index in [-0.39, 0.29) is 11.6 Å². The average Bonchev–Trinajstić information content (AvgIpc) is 2.84. The molecule has 20 heavy (non-hydrogen) atoms. The Hall–Kier alpha value is -0.780. The van der Waals surface area contributed by atoms with Crippen LogP contribution in [0.15, 0.2) is 28.7 Å². The summed E-state index contributed by atoms with van der Waals surface area (Å²) in [6.07, 6.45) is 0.297. The topological polar surface area (TPSA) is 12.0 Å². The summed E-state index contributed by atoms with van der Waals surface area (Å²) in [6, 6.07) is 6.66. The van der Waals surface area contributed by atoms with Crippen molar-refractivity contribution in [3.8, 4) is 0 Å². The van der Waals surface area contributed by atoms with E-state index in [1.54, 1.807) is 11.3 Å². The minimum atomic E-state index is -0.513. The van der Waals surface area contributed by atoms with E-state index in [9.17, 15) is 8.78 Å². The Morgan fingerprint density at radius 1 is 1.25 bits per heavy atom. The van der Waals surface area contributed by atoms with Gasteiger partial charge in [0.15, 0.2) is 0 Å². The maximum absolute atomic E-state index is 14.1. The van der Waals surface area contributed by atoms with Gasteiger partial charge >= 0.3 is 0 Å². The van der Waals surface area contributed by atoms with Gasteiger partial charge in [0.1, 0.15) is 11.6 Å². The summed E-state index contributed by atoms with van der Waals surface area (Å²) in [6.45, 7) is 4.76. The summed E-state index contributed by atoms with van der Waals surface area (Å²) >= 11 is 4.76. The fourth-order valence-corrected chi connectivity index (χ4v) is 3.45. The second-order valence-electron chi connectivity index (χ2n) is 4.58. The molecule has 1 atom stereocenters. The fourth-order valence-electron chi connectivity index (χ4n) is 2.12. The Labute approximate surface area is 130 Å². The quantitative estimate of drug-likeness (QED) is 0.741. The highest BCUT2D eigenvalue weighted by Crippen LogP contribution is 2.29. The van der Waals surface area contributed by atoms with Crippen LogP contribution in [-0.2, 0) is 6.42 Å². The lowest BCUT2D eigenvalue weighted by Gasteiger charge is -2.17. The third-order valence-corrected chi connectivity index (χ3v) is 4.83. The van der Waals surface area contributed by atoms with Gasteiger partial charge in [-0.1, -0.05) is 6.92 Å². The number of likely N-dealkylation sites (N-methyl/N-ethyl adjacent to an activating group) is 1. The van der Waals surface area contributed by atoms with Crippen LogP contribution >= 0.6 is 27.3 Å². The first-order valence-electron chi connectivity index (χ1n) is 6.45. The number of rotatable bonds is 5. The van der Waals surface area contributed by atoms with Crippen LogP contribution in [0.4, 0.5) is 8.78 Å². The molecule has 0 spiro atoms. The van der Waals surface area contributed by atoms with Gasteiger partial charge in [0.05, 0.1) is 4.47 Å². The minimum absolute atomic E-state index is 0.0722. The number of hydrogen-bond donors (Lipinski definition) is 1. The van der Waals surface area contributed by atoms with E-state index in [0.29, 0.717) is 10.9 Å². The van der Waals surface area contributed by atoms with Crippen LogP contribution in [0.2, 0.25) is 0 Å². The maximum Gasteiger partial charge on any atom is 0.143 e. The molecule has 1 heterocycles. The van der Waals surface area contributed by atoms with Crippen molar-refractivity contribution in [1.82, 2.24) is 5.32 Å². The Balaban J connectivity index is 2.31. The number of halogens is 3. The van der Waals surface area contributed by atoms with Crippen LogP contribution in [0.1, 0.15) is 28.3 Å². The van der Waals surface area contributed by atoms with Crippen LogP contribution in [-0.4, -0.2) is 6.54 Å². The molecule has 0 bridgehead atoms. The minimum Gasteiger partial charge on any atom is -0.309 e. The number of benzene rings is 1. The zero-order chi connectivity index (χ0) is 14.7. The highest BCUT2D eigenvalue weighted by Gasteiger charge is 2.19. The van der Waals surface area contributed by atoms with Gasteiger partial charge in [-0.3, -0.25) is 0 Å². The van der Waals surface area contributed by atoms with Gasteiger partial charge in [-0.2, -0.15) is 0 Å². The van der Waals surface area contributed by atoms with Crippen molar-refractivity contribution < 1.29 is 8.78 Å². The second-order valence-corrected chi connectivity index (χ2v) is 6.76. The number of thiophene rings is 1. The predicted octanol–water partition coefficient (Wildman–Crippen LogP) is 4.99. The van der Waals surface area contributed by atoms with Crippen molar-refractivity contribution in [2.75, 3.05) is 6.54 Å². The molecule has 0 fully saturated rings. The summed E-state index contributed by atoms with van der Waals surface area (Å²) in [4.78, 5) is 2.29. The molecule has 0 aliphatic heterocycles. The number of aryl methyl sites for hydroxylation is 1. The molecule has 5 heteroatoms. The van der Waals surface area contributed by atoms with E-state index in [4.69, 9.17) is 0 Å². The zero-order valence-corrected chi connectivity index (χ0v) is 13.7. The van der Waals surface area contributed by atoms with Gasteiger partial charge in [-0.25, -0.2) is 8.78 Å². The number of hydrogen-bond acceptors (Lipinski definition) is 2. The standard InChI is InChI=1S/C15H16BrF2NS/c1-3-19-13(14-7-4-9(2)20-14)8-10-12(17)6-5-11(16)15(10)18/h4-7,13,19H,3,8H2,1-2H3. The molecule has 1 unspecified atom stereocenters. The molecule has 1 aromatic heterocycles. The molecular formula is C15H16BrF2NS. The van der Waals surface area contributed by atoms with Gasteiger partial charge in [-0.15, -0.1) is 11.3 Å². The molecule has 0 saturated carbocycles. The van der Waals surface area contributed by atoms with Crippen LogP contribution < -0.4 is 5.32 Å². The molecule has 0 saturated heterocycles. The number of nitrogens with one attached hydrogen (secondary N) is 1. The van der Waals surface area contributed by atoms with Crippen molar-refractivity contribution in [2.24, 2.45) is 0 Å². The van der Waals surface area contributed by atoms with Crippen LogP contribution in [0.25, 0.3) is 0 Å². The third-order valence-electron chi connectivity index (χ3n) is 3.10. The lowest BCUT2D eigenvalue weighted by Crippen LogP contribution is -2.23. The van der Waals surface area contributed by atoms with Gasteiger partial charge in [0.2, 0.25) is 0 Å². The van der Waals surface area contributed by atoms with E-state index in [2.05, 4.69) is 21.2 Å². The summed E-state index contributed by atoms with van der Waals surface area (Å²) < 4.78 is 28.2. The van der Waals surface area contributed by atoms with Crippen molar-refractivity contribution >= 4 is 27.3 Å². The van der Waals surface area contributed by atoms with Crippen molar-refractivity contribution in [3.05, 3.63) is 55.7 Å². The van der Waals surface area contributed by atoms with Gasteiger partial charge in [-0.05, 0) is 60.1 Å². The molecular weight excluding hydrogens is 344 g/mol. The highest BCUT2D eigenvalue weighted by atomic mass is 79.9. The summed E-state index contributed by atoms with van der Waals surface area (Å²) in [5.74, 6) is -1.01. The third kappa shape index (κ3) is 3.45. The fraction of sp³-hybridized carbons (Fsp3) is 0.333. The van der Waals surface area contributed by atoms with Crippen LogP contribution in [0.3, 0.4) is 0 Å². The van der Waals surface area contributed by atoms with Crippen molar-refractivity contribution in [2.45, 2.75) is 26.3 Å². The first kappa shape index (κ1) is 15.6. The monoisotopic (exact) mass is 359 g/mol. The summed E-state index contributed by atoms with van der Waals surface area (Å²) in [5, 5.41) is 3.30.